The van der Waals surface area contributed by atoms with E-state index in [1.54, 1.807) is 12.1 Å². The number of halogens is 1. The zero-order valence-electron chi connectivity index (χ0n) is 14.6. The van der Waals surface area contributed by atoms with E-state index in [0.29, 0.717) is 5.69 Å². The second kappa shape index (κ2) is 6.88. The fraction of sp³-hybridized carbons (Fsp3) is 0.200. The summed E-state index contributed by atoms with van der Waals surface area (Å²) >= 11 is 0. The smallest absolute Gasteiger partial charge is 0.313 e. The van der Waals surface area contributed by atoms with Crippen molar-refractivity contribution in [1.29, 1.82) is 0 Å². The standard InChI is InChI=1S/C20H15FN2O5/c21-13-5-7-14(8-6-13)22-10-12(9-17(22)24)20(27)28-11-23-18(25)15-3-1-2-4-16(15)19(23)26/h1-8,12H,9-11H2/t12-/m1/s1. The topological polar surface area (TPSA) is 84.0 Å². The summed E-state index contributed by atoms with van der Waals surface area (Å²) in [4.78, 5) is 51.3. The van der Waals surface area contributed by atoms with Crippen molar-refractivity contribution in [2.24, 2.45) is 5.92 Å². The van der Waals surface area contributed by atoms with E-state index < -0.39 is 36.2 Å². The van der Waals surface area contributed by atoms with Crippen molar-refractivity contribution in [3.63, 3.8) is 0 Å². The Bertz CT molecular complexity index is 953. The molecule has 0 spiro atoms. The van der Waals surface area contributed by atoms with Crippen LogP contribution < -0.4 is 4.90 Å². The molecule has 2 aliphatic heterocycles. The Kier molecular flexibility index (Phi) is 4.38. The van der Waals surface area contributed by atoms with Gasteiger partial charge in [-0.25, -0.2) is 9.29 Å². The fourth-order valence-corrected chi connectivity index (χ4v) is 3.34. The van der Waals surface area contributed by atoms with Crippen LogP contribution in [0.15, 0.2) is 48.5 Å². The lowest BCUT2D eigenvalue weighted by molar-refractivity contribution is -0.151. The lowest BCUT2D eigenvalue weighted by atomic mass is 10.1. The number of carbonyl (C=O) groups excluding carboxylic acids is 4. The van der Waals surface area contributed by atoms with Gasteiger partial charge < -0.3 is 9.64 Å². The van der Waals surface area contributed by atoms with Crippen molar-refractivity contribution >= 4 is 29.4 Å². The number of hydrogen-bond donors (Lipinski definition) is 0. The second-order valence-corrected chi connectivity index (χ2v) is 6.56. The van der Waals surface area contributed by atoms with Gasteiger partial charge in [-0.3, -0.25) is 19.2 Å². The summed E-state index contributed by atoms with van der Waals surface area (Å²) in [6, 6.07) is 11.7. The van der Waals surface area contributed by atoms with Crippen LogP contribution in [0.4, 0.5) is 10.1 Å². The summed E-state index contributed by atoms with van der Waals surface area (Å²) in [6.07, 6.45) is -0.0572. The molecule has 0 N–H and O–H groups in total. The number of imide groups is 1. The molecular weight excluding hydrogens is 367 g/mol. The molecule has 0 saturated carbocycles. The van der Waals surface area contributed by atoms with Gasteiger partial charge in [0.15, 0.2) is 6.73 Å². The first-order chi connectivity index (χ1) is 13.5. The van der Waals surface area contributed by atoms with E-state index in [1.807, 2.05) is 0 Å². The second-order valence-electron chi connectivity index (χ2n) is 6.56. The summed E-state index contributed by atoms with van der Waals surface area (Å²) in [5.74, 6) is -3.16. The summed E-state index contributed by atoms with van der Waals surface area (Å²) in [6.45, 7) is -0.419. The zero-order valence-corrected chi connectivity index (χ0v) is 14.6. The van der Waals surface area contributed by atoms with Gasteiger partial charge in [-0.1, -0.05) is 12.1 Å². The number of rotatable bonds is 4. The lowest BCUT2D eigenvalue weighted by Crippen LogP contribution is -2.35. The summed E-state index contributed by atoms with van der Waals surface area (Å²) in [5.41, 5.74) is 1.02. The fourth-order valence-electron chi connectivity index (χ4n) is 3.34. The van der Waals surface area contributed by atoms with E-state index in [-0.39, 0.29) is 30.0 Å². The third-order valence-electron chi connectivity index (χ3n) is 4.81. The number of nitrogens with zero attached hydrogens (tertiary/aromatic N) is 2. The molecule has 1 saturated heterocycles. The van der Waals surface area contributed by atoms with Gasteiger partial charge in [-0.15, -0.1) is 0 Å². The number of carbonyl (C=O) groups is 4. The quantitative estimate of drug-likeness (QED) is 0.596. The minimum absolute atomic E-state index is 0.0572. The highest BCUT2D eigenvalue weighted by Crippen LogP contribution is 2.27. The number of benzene rings is 2. The van der Waals surface area contributed by atoms with Crippen molar-refractivity contribution in [3.8, 4) is 0 Å². The van der Waals surface area contributed by atoms with E-state index in [1.165, 1.54) is 41.3 Å². The molecule has 0 aliphatic carbocycles. The van der Waals surface area contributed by atoms with Crippen LogP contribution in [-0.4, -0.2) is 41.9 Å². The van der Waals surface area contributed by atoms with Crippen molar-refractivity contribution in [2.75, 3.05) is 18.2 Å². The predicted octanol–water partition coefficient (Wildman–Crippen LogP) is 1.98. The van der Waals surface area contributed by atoms with Crippen LogP contribution in [0.2, 0.25) is 0 Å². The predicted molar refractivity (Wildman–Crippen MR) is 94.8 cm³/mol. The largest absolute Gasteiger partial charge is 0.443 e. The minimum Gasteiger partial charge on any atom is -0.443 e. The molecule has 8 heteroatoms. The Morgan fingerprint density at radius 1 is 1.00 bits per heavy atom. The van der Waals surface area contributed by atoms with Crippen LogP contribution in [-0.2, 0) is 14.3 Å². The maximum Gasteiger partial charge on any atom is 0.313 e. The van der Waals surface area contributed by atoms with Gasteiger partial charge in [-0.05, 0) is 36.4 Å². The van der Waals surface area contributed by atoms with E-state index in [0.717, 1.165) is 4.90 Å². The first kappa shape index (κ1) is 17.8. The van der Waals surface area contributed by atoms with Gasteiger partial charge in [0.05, 0.1) is 17.0 Å². The third-order valence-corrected chi connectivity index (χ3v) is 4.81. The highest BCUT2D eigenvalue weighted by atomic mass is 19.1. The Morgan fingerprint density at radius 3 is 2.21 bits per heavy atom. The molecule has 2 aromatic carbocycles. The molecule has 2 heterocycles. The zero-order chi connectivity index (χ0) is 19.8. The molecule has 0 bridgehead atoms. The summed E-state index contributed by atoms with van der Waals surface area (Å²) < 4.78 is 18.2. The normalized spacial score (nSPS) is 18.6. The van der Waals surface area contributed by atoms with Crippen LogP contribution in [0.3, 0.4) is 0 Å². The molecule has 1 fully saturated rings. The van der Waals surface area contributed by atoms with Crippen LogP contribution in [0.1, 0.15) is 27.1 Å². The molecule has 2 aromatic rings. The molecule has 28 heavy (non-hydrogen) atoms. The van der Waals surface area contributed by atoms with Crippen molar-refractivity contribution in [2.45, 2.75) is 6.42 Å². The Balaban J connectivity index is 1.39. The molecular formula is C20H15FN2O5. The van der Waals surface area contributed by atoms with Gasteiger partial charge in [0.2, 0.25) is 5.91 Å². The van der Waals surface area contributed by atoms with Crippen molar-refractivity contribution in [1.82, 2.24) is 4.90 Å². The van der Waals surface area contributed by atoms with Crippen molar-refractivity contribution < 1.29 is 28.3 Å². The van der Waals surface area contributed by atoms with Gasteiger partial charge in [-0.2, -0.15) is 0 Å². The maximum atomic E-state index is 13.0. The average molecular weight is 382 g/mol. The summed E-state index contributed by atoms with van der Waals surface area (Å²) in [7, 11) is 0. The van der Waals surface area contributed by atoms with E-state index >= 15 is 0 Å². The SMILES string of the molecule is O=C(OCN1C(=O)c2ccccc2C1=O)[C@@H]1CC(=O)N(c2ccc(F)cc2)C1. The molecule has 3 amide bonds. The van der Waals surface area contributed by atoms with Gasteiger partial charge in [0.25, 0.3) is 11.8 Å². The van der Waals surface area contributed by atoms with Crippen LogP contribution in [0.5, 0.6) is 0 Å². The molecule has 4 rings (SSSR count). The highest BCUT2D eigenvalue weighted by Gasteiger charge is 2.39. The molecule has 0 unspecified atom stereocenters. The average Bonchev–Trinajstić information content (AvgIpc) is 3.20. The summed E-state index contributed by atoms with van der Waals surface area (Å²) in [5, 5.41) is 0. The molecule has 7 nitrogen and oxygen atoms in total. The lowest BCUT2D eigenvalue weighted by Gasteiger charge is -2.17. The van der Waals surface area contributed by atoms with Crippen LogP contribution in [0, 0.1) is 11.7 Å². The van der Waals surface area contributed by atoms with Gasteiger partial charge in [0.1, 0.15) is 5.82 Å². The number of hydrogen-bond acceptors (Lipinski definition) is 5. The first-order valence-electron chi connectivity index (χ1n) is 8.63. The molecule has 0 radical (unpaired) electrons. The highest BCUT2D eigenvalue weighted by molar-refractivity contribution is 6.21. The number of anilines is 1. The number of fused-ring (bicyclic) bond motifs is 1. The number of ether oxygens (including phenoxy) is 1. The van der Waals surface area contributed by atoms with E-state index in [9.17, 15) is 23.6 Å². The van der Waals surface area contributed by atoms with E-state index in [2.05, 4.69) is 0 Å². The van der Waals surface area contributed by atoms with Crippen LogP contribution >= 0.6 is 0 Å². The number of esters is 1. The third kappa shape index (κ3) is 3.02. The Labute approximate surface area is 159 Å². The Morgan fingerprint density at radius 2 is 1.61 bits per heavy atom. The van der Waals surface area contributed by atoms with Crippen LogP contribution in [0.25, 0.3) is 0 Å². The van der Waals surface area contributed by atoms with E-state index in [4.69, 9.17) is 4.74 Å². The monoisotopic (exact) mass is 382 g/mol. The first-order valence-corrected chi connectivity index (χ1v) is 8.63. The van der Waals surface area contributed by atoms with Crippen molar-refractivity contribution in [3.05, 3.63) is 65.5 Å². The molecule has 142 valence electrons. The number of amides is 3. The van der Waals surface area contributed by atoms with Gasteiger partial charge in [0, 0.05) is 18.7 Å². The molecule has 2 aliphatic rings. The molecule has 1 atom stereocenters. The minimum atomic E-state index is -0.729. The van der Waals surface area contributed by atoms with Gasteiger partial charge >= 0.3 is 5.97 Å². The molecule has 0 aromatic heterocycles. The Hall–Kier alpha value is -3.55. The maximum absolute atomic E-state index is 13.0.